The van der Waals surface area contributed by atoms with Gasteiger partial charge in [0.15, 0.2) is 0 Å². The van der Waals surface area contributed by atoms with Crippen LogP contribution in [0.15, 0.2) is 61.1 Å². The van der Waals surface area contributed by atoms with E-state index >= 15 is 0 Å². The third kappa shape index (κ3) is 2.15. The molecular formula is C18H13N3O. The molecule has 4 rings (SSSR count). The van der Waals surface area contributed by atoms with Crippen molar-refractivity contribution in [3.8, 4) is 11.1 Å². The Morgan fingerprint density at radius 1 is 1.00 bits per heavy atom. The van der Waals surface area contributed by atoms with Gasteiger partial charge in [0, 0.05) is 18.1 Å². The lowest BCUT2D eigenvalue weighted by Gasteiger charge is -2.07. The smallest absolute Gasteiger partial charge is 0.275 e. The third-order valence-electron chi connectivity index (χ3n) is 3.85. The highest BCUT2D eigenvalue weighted by Gasteiger charge is 2.18. The average Bonchev–Trinajstić information content (AvgIpc) is 2.93. The predicted molar refractivity (Wildman–Crippen MR) is 84.7 cm³/mol. The Morgan fingerprint density at radius 3 is 2.73 bits per heavy atom. The van der Waals surface area contributed by atoms with Crippen molar-refractivity contribution in [3.05, 3.63) is 77.9 Å². The minimum Gasteiger partial charge on any atom is -0.321 e. The first-order valence-corrected chi connectivity index (χ1v) is 7.10. The molecule has 22 heavy (non-hydrogen) atoms. The molecule has 106 valence electrons. The van der Waals surface area contributed by atoms with Crippen molar-refractivity contribution in [2.24, 2.45) is 0 Å². The number of hydrogen-bond acceptors (Lipinski definition) is 3. The summed E-state index contributed by atoms with van der Waals surface area (Å²) < 4.78 is 0. The quantitative estimate of drug-likeness (QED) is 0.615. The molecule has 0 saturated heterocycles. The van der Waals surface area contributed by atoms with E-state index in [0.29, 0.717) is 5.69 Å². The van der Waals surface area contributed by atoms with Gasteiger partial charge < -0.3 is 5.32 Å². The molecule has 1 amide bonds. The van der Waals surface area contributed by atoms with Crippen LogP contribution in [0.2, 0.25) is 0 Å². The second-order valence-electron chi connectivity index (χ2n) is 5.25. The molecular weight excluding hydrogens is 274 g/mol. The minimum atomic E-state index is -0.247. The fourth-order valence-electron chi connectivity index (χ4n) is 2.83. The van der Waals surface area contributed by atoms with Crippen LogP contribution < -0.4 is 5.32 Å². The Balaban J connectivity index is 1.61. The van der Waals surface area contributed by atoms with E-state index in [1.807, 2.05) is 12.1 Å². The van der Waals surface area contributed by atoms with E-state index in [0.717, 1.165) is 12.1 Å². The lowest BCUT2D eigenvalue weighted by Crippen LogP contribution is -2.13. The van der Waals surface area contributed by atoms with Crippen LogP contribution in [0.25, 0.3) is 11.1 Å². The number of carbonyl (C=O) groups excluding carboxylic acids is 1. The lowest BCUT2D eigenvalue weighted by atomic mass is 10.1. The number of nitrogens with one attached hydrogen (secondary N) is 1. The highest BCUT2D eigenvalue weighted by molar-refractivity contribution is 6.02. The van der Waals surface area contributed by atoms with Gasteiger partial charge >= 0.3 is 0 Å². The second kappa shape index (κ2) is 5.07. The van der Waals surface area contributed by atoms with Crippen LogP contribution in [0.1, 0.15) is 21.6 Å². The summed E-state index contributed by atoms with van der Waals surface area (Å²) in [6.45, 7) is 0. The maximum atomic E-state index is 12.1. The second-order valence-corrected chi connectivity index (χ2v) is 5.25. The van der Waals surface area contributed by atoms with E-state index in [2.05, 4.69) is 45.6 Å². The molecule has 0 radical (unpaired) electrons. The van der Waals surface area contributed by atoms with E-state index < -0.39 is 0 Å². The summed E-state index contributed by atoms with van der Waals surface area (Å²) in [4.78, 5) is 20.0. The number of benzene rings is 2. The third-order valence-corrected chi connectivity index (χ3v) is 3.85. The number of nitrogens with zero attached hydrogens (tertiary/aromatic N) is 2. The summed E-state index contributed by atoms with van der Waals surface area (Å²) in [5.74, 6) is -0.247. The Hall–Kier alpha value is -3.01. The number of anilines is 1. The topological polar surface area (TPSA) is 54.9 Å². The Labute approximate surface area is 127 Å². The van der Waals surface area contributed by atoms with Crippen molar-refractivity contribution in [2.45, 2.75) is 6.42 Å². The van der Waals surface area contributed by atoms with Gasteiger partial charge in [-0.05, 0) is 40.8 Å². The SMILES string of the molecule is O=C(Nc1ccc2c(c1)Cc1ccccc1-2)c1cnccn1. The molecule has 1 heterocycles. The van der Waals surface area contributed by atoms with E-state index in [9.17, 15) is 4.79 Å². The number of aromatic nitrogens is 2. The molecule has 0 spiro atoms. The van der Waals surface area contributed by atoms with Gasteiger partial charge in [0.2, 0.25) is 0 Å². The highest BCUT2D eigenvalue weighted by atomic mass is 16.1. The predicted octanol–water partition coefficient (Wildman–Crippen LogP) is 3.30. The number of fused-ring (bicyclic) bond motifs is 3. The first-order valence-electron chi connectivity index (χ1n) is 7.10. The van der Waals surface area contributed by atoms with Crippen LogP contribution in [0.4, 0.5) is 5.69 Å². The summed E-state index contributed by atoms with van der Waals surface area (Å²) in [7, 11) is 0. The molecule has 0 saturated carbocycles. The van der Waals surface area contributed by atoms with Gasteiger partial charge in [-0.3, -0.25) is 9.78 Å². The molecule has 0 bridgehead atoms. The normalized spacial score (nSPS) is 11.6. The van der Waals surface area contributed by atoms with Gasteiger partial charge in [-0.25, -0.2) is 4.98 Å². The average molecular weight is 287 g/mol. The highest BCUT2D eigenvalue weighted by Crippen LogP contribution is 2.37. The summed E-state index contributed by atoms with van der Waals surface area (Å²) in [5.41, 5.74) is 6.18. The number of hydrogen-bond donors (Lipinski definition) is 1. The van der Waals surface area contributed by atoms with Gasteiger partial charge in [-0.15, -0.1) is 0 Å². The molecule has 0 aliphatic heterocycles. The Bertz CT molecular complexity index is 859. The van der Waals surface area contributed by atoms with Crippen molar-refractivity contribution in [1.29, 1.82) is 0 Å². The van der Waals surface area contributed by atoms with Crippen LogP contribution in [0.5, 0.6) is 0 Å². The maximum Gasteiger partial charge on any atom is 0.275 e. The van der Waals surface area contributed by atoms with E-state index in [-0.39, 0.29) is 5.91 Å². The van der Waals surface area contributed by atoms with E-state index in [4.69, 9.17) is 0 Å². The minimum absolute atomic E-state index is 0.247. The van der Waals surface area contributed by atoms with Crippen LogP contribution >= 0.6 is 0 Å². The van der Waals surface area contributed by atoms with Crippen LogP contribution in [-0.2, 0) is 6.42 Å². The molecule has 4 heteroatoms. The molecule has 1 aromatic heterocycles. The number of rotatable bonds is 2. The summed E-state index contributed by atoms with van der Waals surface area (Å²) >= 11 is 0. The standard InChI is InChI=1S/C18H13N3O/c22-18(17-11-19-7-8-20-17)21-14-5-6-16-13(10-14)9-12-3-1-2-4-15(12)16/h1-8,10-11H,9H2,(H,21,22). The molecule has 0 fully saturated rings. The van der Waals surface area contributed by atoms with Crippen molar-refractivity contribution >= 4 is 11.6 Å². The Kier molecular flexibility index (Phi) is 2.93. The van der Waals surface area contributed by atoms with Gasteiger partial charge in [0.25, 0.3) is 5.91 Å². The summed E-state index contributed by atoms with van der Waals surface area (Å²) in [6, 6.07) is 14.4. The first-order chi connectivity index (χ1) is 10.8. The van der Waals surface area contributed by atoms with Crippen LogP contribution in [-0.4, -0.2) is 15.9 Å². The van der Waals surface area contributed by atoms with Crippen molar-refractivity contribution in [3.63, 3.8) is 0 Å². The molecule has 1 aliphatic carbocycles. The van der Waals surface area contributed by atoms with Gasteiger partial charge in [0.1, 0.15) is 5.69 Å². The zero-order valence-corrected chi connectivity index (χ0v) is 11.8. The van der Waals surface area contributed by atoms with E-state index in [1.165, 1.54) is 34.6 Å². The summed E-state index contributed by atoms with van der Waals surface area (Å²) in [5, 5.41) is 2.87. The van der Waals surface area contributed by atoms with Gasteiger partial charge in [-0.1, -0.05) is 30.3 Å². The molecule has 0 unspecified atom stereocenters. The van der Waals surface area contributed by atoms with Gasteiger partial charge in [-0.2, -0.15) is 0 Å². The lowest BCUT2D eigenvalue weighted by molar-refractivity contribution is 0.102. The maximum absolute atomic E-state index is 12.1. The molecule has 0 atom stereocenters. The van der Waals surface area contributed by atoms with Crippen LogP contribution in [0.3, 0.4) is 0 Å². The van der Waals surface area contributed by atoms with Crippen molar-refractivity contribution in [1.82, 2.24) is 9.97 Å². The number of carbonyl (C=O) groups is 1. The molecule has 1 N–H and O–H groups in total. The van der Waals surface area contributed by atoms with Gasteiger partial charge in [0.05, 0.1) is 6.20 Å². The zero-order chi connectivity index (χ0) is 14.9. The molecule has 2 aromatic carbocycles. The number of amides is 1. The fourth-order valence-corrected chi connectivity index (χ4v) is 2.83. The molecule has 3 aromatic rings. The zero-order valence-electron chi connectivity index (χ0n) is 11.8. The Morgan fingerprint density at radius 2 is 1.86 bits per heavy atom. The van der Waals surface area contributed by atoms with Crippen molar-refractivity contribution < 1.29 is 4.79 Å². The van der Waals surface area contributed by atoms with E-state index in [1.54, 1.807) is 6.20 Å². The molecule has 1 aliphatic rings. The monoisotopic (exact) mass is 287 g/mol. The largest absolute Gasteiger partial charge is 0.321 e. The summed E-state index contributed by atoms with van der Waals surface area (Å²) in [6.07, 6.45) is 5.41. The first kappa shape index (κ1) is 12.7. The van der Waals surface area contributed by atoms with Crippen molar-refractivity contribution in [2.75, 3.05) is 5.32 Å². The fraction of sp³-hybridized carbons (Fsp3) is 0.0556. The van der Waals surface area contributed by atoms with Crippen LogP contribution in [0, 0.1) is 0 Å². The molecule has 4 nitrogen and oxygen atoms in total.